The van der Waals surface area contributed by atoms with Gasteiger partial charge in [0.25, 0.3) is 0 Å². The van der Waals surface area contributed by atoms with Crippen LogP contribution >= 0.6 is 0 Å². The molecule has 2 heterocycles. The van der Waals surface area contributed by atoms with Gasteiger partial charge in [0.1, 0.15) is 18.2 Å². The highest BCUT2D eigenvalue weighted by molar-refractivity contribution is 7.88. The molecule has 0 saturated carbocycles. The Morgan fingerprint density at radius 1 is 1.23 bits per heavy atom. The molecule has 0 amide bonds. The van der Waals surface area contributed by atoms with E-state index in [1.54, 1.807) is 0 Å². The van der Waals surface area contributed by atoms with Crippen molar-refractivity contribution in [2.24, 2.45) is 0 Å². The van der Waals surface area contributed by atoms with Gasteiger partial charge < -0.3 is 9.30 Å². The van der Waals surface area contributed by atoms with Gasteiger partial charge in [0.15, 0.2) is 0 Å². The van der Waals surface area contributed by atoms with Gasteiger partial charge in [0.2, 0.25) is 10.0 Å². The fraction of sp³-hybridized carbons (Fsp3) is 0.526. The Labute approximate surface area is 155 Å². The third kappa shape index (κ3) is 4.45. The van der Waals surface area contributed by atoms with E-state index in [1.807, 2.05) is 38.2 Å². The SMILES string of the molecule is Cc1cccc(C)c1OCCN(Cc1cn2c(n1)CCCC2)S(C)(=O)=O. The van der Waals surface area contributed by atoms with Gasteiger partial charge >= 0.3 is 0 Å². The van der Waals surface area contributed by atoms with Gasteiger partial charge in [-0.2, -0.15) is 4.31 Å². The zero-order chi connectivity index (χ0) is 18.7. The molecule has 6 nitrogen and oxygen atoms in total. The summed E-state index contributed by atoms with van der Waals surface area (Å²) in [6.45, 7) is 5.85. The van der Waals surface area contributed by atoms with Gasteiger partial charge in [-0.05, 0) is 37.8 Å². The van der Waals surface area contributed by atoms with E-state index in [-0.39, 0.29) is 6.54 Å². The first-order chi connectivity index (χ1) is 12.3. The first-order valence-corrected chi connectivity index (χ1v) is 10.9. The number of aryl methyl sites for hydroxylation is 4. The van der Waals surface area contributed by atoms with Crippen LogP contribution in [0, 0.1) is 13.8 Å². The van der Waals surface area contributed by atoms with Crippen LogP contribution in [0.4, 0.5) is 0 Å². The van der Waals surface area contributed by atoms with Crippen LogP contribution < -0.4 is 4.74 Å². The molecule has 0 atom stereocenters. The highest BCUT2D eigenvalue weighted by Crippen LogP contribution is 2.22. The van der Waals surface area contributed by atoms with E-state index in [2.05, 4.69) is 9.55 Å². The molecular weight excluding hydrogens is 350 g/mol. The van der Waals surface area contributed by atoms with Crippen molar-refractivity contribution in [1.29, 1.82) is 0 Å². The number of nitrogens with zero attached hydrogens (tertiary/aromatic N) is 3. The van der Waals surface area contributed by atoms with Crippen molar-refractivity contribution in [3.05, 3.63) is 47.0 Å². The highest BCUT2D eigenvalue weighted by atomic mass is 32.2. The smallest absolute Gasteiger partial charge is 0.211 e. The fourth-order valence-corrected chi connectivity index (χ4v) is 4.14. The van der Waals surface area contributed by atoms with Gasteiger partial charge in [0.05, 0.1) is 18.5 Å². The van der Waals surface area contributed by atoms with E-state index >= 15 is 0 Å². The van der Waals surface area contributed by atoms with Crippen LogP contribution in [0.5, 0.6) is 5.75 Å². The van der Waals surface area contributed by atoms with Gasteiger partial charge in [-0.3, -0.25) is 0 Å². The first kappa shape index (κ1) is 18.9. The van der Waals surface area contributed by atoms with E-state index in [4.69, 9.17) is 4.74 Å². The van der Waals surface area contributed by atoms with Gasteiger partial charge in [-0.15, -0.1) is 0 Å². The minimum atomic E-state index is -3.34. The summed E-state index contributed by atoms with van der Waals surface area (Å²) in [4.78, 5) is 4.61. The minimum Gasteiger partial charge on any atom is -0.492 e. The lowest BCUT2D eigenvalue weighted by molar-refractivity contribution is 0.267. The molecule has 7 heteroatoms. The van der Waals surface area contributed by atoms with Crippen LogP contribution in [0.3, 0.4) is 0 Å². The average Bonchev–Trinajstić information content (AvgIpc) is 2.98. The molecule has 1 aliphatic heterocycles. The lowest BCUT2D eigenvalue weighted by atomic mass is 10.1. The zero-order valence-electron chi connectivity index (χ0n) is 15.7. The second-order valence-electron chi connectivity index (χ2n) is 6.96. The van der Waals surface area contributed by atoms with Gasteiger partial charge in [-0.1, -0.05) is 18.2 Å². The van der Waals surface area contributed by atoms with Crippen molar-refractivity contribution < 1.29 is 13.2 Å². The molecule has 26 heavy (non-hydrogen) atoms. The number of sulfonamides is 1. The Kier molecular flexibility index (Phi) is 5.67. The number of ether oxygens (including phenoxy) is 1. The number of hydrogen-bond acceptors (Lipinski definition) is 4. The molecule has 1 aliphatic rings. The quantitative estimate of drug-likeness (QED) is 0.744. The van der Waals surface area contributed by atoms with E-state index < -0.39 is 10.0 Å². The normalized spacial score (nSPS) is 14.5. The van der Waals surface area contributed by atoms with Crippen molar-refractivity contribution >= 4 is 10.0 Å². The molecule has 0 N–H and O–H groups in total. The summed E-state index contributed by atoms with van der Waals surface area (Å²) < 4.78 is 33.8. The summed E-state index contributed by atoms with van der Waals surface area (Å²) in [5, 5.41) is 0. The van der Waals surface area contributed by atoms with Crippen molar-refractivity contribution in [2.75, 3.05) is 19.4 Å². The van der Waals surface area contributed by atoms with Crippen LogP contribution in [0.25, 0.3) is 0 Å². The van der Waals surface area contributed by atoms with Crippen LogP contribution in [0.2, 0.25) is 0 Å². The Balaban J connectivity index is 1.66. The van der Waals surface area contributed by atoms with Crippen LogP contribution in [-0.4, -0.2) is 41.7 Å². The molecule has 1 aromatic carbocycles. The molecule has 1 aromatic heterocycles. The van der Waals surface area contributed by atoms with Gasteiger partial charge in [-0.25, -0.2) is 13.4 Å². The largest absolute Gasteiger partial charge is 0.492 e. The fourth-order valence-electron chi connectivity index (χ4n) is 3.37. The molecule has 3 rings (SSSR count). The number of hydrogen-bond donors (Lipinski definition) is 0. The summed E-state index contributed by atoms with van der Waals surface area (Å²) in [6, 6.07) is 5.97. The second kappa shape index (κ2) is 7.80. The molecular formula is C19H27N3O3S. The molecule has 0 bridgehead atoms. The Morgan fingerprint density at radius 3 is 2.62 bits per heavy atom. The third-order valence-electron chi connectivity index (χ3n) is 4.76. The summed E-state index contributed by atoms with van der Waals surface area (Å²) >= 11 is 0. The monoisotopic (exact) mass is 377 g/mol. The van der Waals surface area contributed by atoms with Crippen molar-refractivity contribution in [1.82, 2.24) is 13.9 Å². The molecule has 0 saturated heterocycles. The Bertz CT molecular complexity index is 830. The lowest BCUT2D eigenvalue weighted by Crippen LogP contribution is -2.33. The second-order valence-corrected chi connectivity index (χ2v) is 8.95. The Hall–Kier alpha value is -1.86. The molecule has 0 fully saturated rings. The zero-order valence-corrected chi connectivity index (χ0v) is 16.6. The maximum Gasteiger partial charge on any atom is 0.211 e. The van der Waals surface area contributed by atoms with E-state index in [1.165, 1.54) is 10.6 Å². The van der Waals surface area contributed by atoms with Crippen molar-refractivity contribution in [3.8, 4) is 5.75 Å². The first-order valence-electron chi connectivity index (χ1n) is 9.03. The number of para-hydroxylation sites is 1. The van der Waals surface area contributed by atoms with E-state index in [0.29, 0.717) is 13.2 Å². The maximum absolute atomic E-state index is 12.2. The Morgan fingerprint density at radius 2 is 1.96 bits per heavy atom. The lowest BCUT2D eigenvalue weighted by Gasteiger charge is -2.20. The van der Waals surface area contributed by atoms with Crippen LogP contribution in [-0.2, 0) is 29.5 Å². The molecule has 0 spiro atoms. The highest BCUT2D eigenvalue weighted by Gasteiger charge is 2.20. The predicted octanol–water partition coefficient (Wildman–Crippen LogP) is 2.68. The van der Waals surface area contributed by atoms with Crippen molar-refractivity contribution in [2.45, 2.75) is 46.2 Å². The summed E-state index contributed by atoms with van der Waals surface area (Å²) in [5.41, 5.74) is 2.91. The summed E-state index contributed by atoms with van der Waals surface area (Å²) in [6.07, 6.45) is 6.49. The van der Waals surface area contributed by atoms with Crippen LogP contribution in [0.1, 0.15) is 35.5 Å². The number of fused-ring (bicyclic) bond motifs is 1. The maximum atomic E-state index is 12.2. The molecule has 0 aliphatic carbocycles. The van der Waals surface area contributed by atoms with E-state index in [0.717, 1.165) is 54.2 Å². The van der Waals surface area contributed by atoms with Crippen LogP contribution in [0.15, 0.2) is 24.4 Å². The van der Waals surface area contributed by atoms with Crippen molar-refractivity contribution in [3.63, 3.8) is 0 Å². The standard InChI is InChI=1S/C19H27N3O3S/c1-15-7-6-8-16(2)19(15)25-12-11-22(26(3,23)24)14-17-13-21-10-5-4-9-18(21)20-17/h6-8,13H,4-5,9-12,14H2,1-3H3. The number of aromatic nitrogens is 2. The van der Waals surface area contributed by atoms with E-state index in [9.17, 15) is 8.42 Å². The molecule has 0 radical (unpaired) electrons. The molecule has 2 aromatic rings. The summed E-state index contributed by atoms with van der Waals surface area (Å²) in [5.74, 6) is 1.89. The molecule has 0 unspecified atom stereocenters. The number of rotatable bonds is 7. The summed E-state index contributed by atoms with van der Waals surface area (Å²) in [7, 11) is -3.34. The number of imidazole rings is 1. The predicted molar refractivity (Wildman–Crippen MR) is 102 cm³/mol. The molecule has 142 valence electrons. The third-order valence-corrected chi connectivity index (χ3v) is 6.01. The topological polar surface area (TPSA) is 64.4 Å². The minimum absolute atomic E-state index is 0.287. The number of benzene rings is 1. The van der Waals surface area contributed by atoms with Gasteiger partial charge in [0, 0.05) is 25.7 Å². The average molecular weight is 378 g/mol.